The third kappa shape index (κ3) is 2.98. The Hall–Kier alpha value is -2.87. The monoisotopic (exact) mass is 427 g/mol. The molecule has 3 N–H and O–H groups in total. The lowest BCUT2D eigenvalue weighted by Crippen LogP contribution is -2.59. The number of nitrogens with zero attached hydrogens (tertiary/aromatic N) is 2. The van der Waals surface area contributed by atoms with Gasteiger partial charge in [-0.1, -0.05) is 18.2 Å². The molecule has 0 amide bonds. The number of aromatic nitrogens is 2. The van der Waals surface area contributed by atoms with E-state index in [1.54, 1.807) is 0 Å². The minimum Gasteiger partial charge on any atom is -0.394 e. The smallest absolute Gasteiger partial charge is 0.331 e. The number of rotatable bonds is 5. The van der Waals surface area contributed by atoms with Gasteiger partial charge in [0.05, 0.1) is 11.5 Å². The van der Waals surface area contributed by atoms with Crippen LogP contribution in [0.4, 0.5) is 0 Å². The third-order valence-corrected chi connectivity index (χ3v) is 6.90. The largest absolute Gasteiger partial charge is 0.394 e. The summed E-state index contributed by atoms with van der Waals surface area (Å²) in [4.78, 5) is 36.5. The number of nitro groups is 1. The Bertz CT molecular complexity index is 1160. The maximum Gasteiger partial charge on any atom is 0.331 e. The highest BCUT2D eigenvalue weighted by Crippen LogP contribution is 2.43. The van der Waals surface area contributed by atoms with Gasteiger partial charge in [-0.15, -0.1) is 0 Å². The minimum atomic E-state index is -4.87. The van der Waals surface area contributed by atoms with Gasteiger partial charge in [-0.3, -0.25) is 24.5 Å². The van der Waals surface area contributed by atoms with Crippen LogP contribution in [0, 0.1) is 17.0 Å². The molecule has 3 rings (SSSR count). The van der Waals surface area contributed by atoms with Gasteiger partial charge in [0.25, 0.3) is 5.56 Å². The van der Waals surface area contributed by atoms with Crippen LogP contribution in [0.15, 0.2) is 51.0 Å². The Labute approximate surface area is 163 Å². The average molecular weight is 427 g/mol. The van der Waals surface area contributed by atoms with E-state index in [4.69, 9.17) is 4.74 Å². The first-order valence-corrected chi connectivity index (χ1v) is 9.79. The van der Waals surface area contributed by atoms with Gasteiger partial charge in [0.2, 0.25) is 9.84 Å². The van der Waals surface area contributed by atoms with Crippen molar-refractivity contribution in [2.45, 2.75) is 35.1 Å². The number of H-pyrrole nitrogens is 1. The Kier molecular flexibility index (Phi) is 5.17. The summed E-state index contributed by atoms with van der Waals surface area (Å²) < 4.78 is 32.9. The van der Waals surface area contributed by atoms with Gasteiger partial charge in [0.15, 0.2) is 6.10 Å². The van der Waals surface area contributed by atoms with Crippen molar-refractivity contribution in [3.63, 3.8) is 0 Å². The number of ether oxygens (including phenoxy) is 1. The third-order valence-electron chi connectivity index (χ3n) is 4.70. The van der Waals surface area contributed by atoms with Gasteiger partial charge in [0.1, 0.15) is 6.10 Å². The molecule has 1 aliphatic rings. The van der Waals surface area contributed by atoms with Crippen LogP contribution < -0.4 is 11.2 Å². The highest BCUT2D eigenvalue weighted by molar-refractivity contribution is 7.92. The first kappa shape index (κ1) is 20.9. The standard InChI is InChI=1S/C16H17N3O9S/c1-9-7-18(15(23)17-14(9)22)16(29(26,27)10-5-3-2-4-6-10)13(19(24)25)12(21)11(8-20)28-16/h2-7,11-13,20-21H,8H2,1H3,(H,17,22,23)/t11-,12-,13?,16+/m1/s1. The van der Waals surface area contributed by atoms with Crippen molar-refractivity contribution in [2.75, 3.05) is 6.61 Å². The van der Waals surface area contributed by atoms with Crippen LogP contribution in [-0.2, 0) is 19.6 Å². The highest BCUT2D eigenvalue weighted by atomic mass is 32.2. The summed E-state index contributed by atoms with van der Waals surface area (Å²) in [5, 5.41) is 28.6. The van der Waals surface area contributed by atoms with Crippen LogP contribution in [0.5, 0.6) is 0 Å². The number of nitrogens with one attached hydrogen (secondary N) is 1. The van der Waals surface area contributed by atoms with Crippen LogP contribution >= 0.6 is 0 Å². The molecular weight excluding hydrogens is 410 g/mol. The highest BCUT2D eigenvalue weighted by Gasteiger charge is 2.71. The molecule has 4 atom stereocenters. The molecule has 1 aromatic heterocycles. The molecule has 1 aliphatic heterocycles. The fourth-order valence-corrected chi connectivity index (χ4v) is 5.34. The molecule has 13 heteroatoms. The normalized spacial score (nSPS) is 27.1. The number of aryl methyl sites for hydroxylation is 1. The van der Waals surface area contributed by atoms with E-state index < -0.39 is 60.8 Å². The van der Waals surface area contributed by atoms with Crippen LogP contribution in [0.25, 0.3) is 0 Å². The fraction of sp³-hybridized carbons (Fsp3) is 0.375. The van der Waals surface area contributed by atoms with Crippen molar-refractivity contribution in [2.24, 2.45) is 0 Å². The first-order chi connectivity index (χ1) is 13.6. The average Bonchev–Trinajstić information content (AvgIpc) is 2.99. The molecule has 0 aliphatic carbocycles. The van der Waals surface area contributed by atoms with E-state index in [-0.39, 0.29) is 5.56 Å². The Morgan fingerprint density at radius 3 is 2.48 bits per heavy atom. The van der Waals surface area contributed by atoms with Gasteiger partial charge in [-0.25, -0.2) is 13.2 Å². The topological polar surface area (TPSA) is 182 Å². The van der Waals surface area contributed by atoms with E-state index in [1.807, 2.05) is 4.98 Å². The Morgan fingerprint density at radius 1 is 1.31 bits per heavy atom. The van der Waals surface area contributed by atoms with E-state index in [0.717, 1.165) is 18.3 Å². The summed E-state index contributed by atoms with van der Waals surface area (Å²) in [6.07, 6.45) is -2.93. The van der Waals surface area contributed by atoms with Gasteiger partial charge in [-0.05, 0) is 19.1 Å². The molecule has 156 valence electrons. The molecule has 1 aromatic carbocycles. The molecule has 2 aromatic rings. The molecule has 12 nitrogen and oxygen atoms in total. The van der Waals surface area contributed by atoms with Gasteiger partial charge < -0.3 is 14.9 Å². The first-order valence-electron chi connectivity index (χ1n) is 8.31. The van der Waals surface area contributed by atoms with Crippen molar-refractivity contribution < 1.29 is 28.3 Å². The van der Waals surface area contributed by atoms with Crippen molar-refractivity contribution in [3.05, 3.63) is 73.0 Å². The van der Waals surface area contributed by atoms with E-state index in [0.29, 0.717) is 4.57 Å². The van der Waals surface area contributed by atoms with Crippen molar-refractivity contribution >= 4 is 9.84 Å². The zero-order chi connectivity index (χ0) is 21.6. The van der Waals surface area contributed by atoms with E-state index in [1.165, 1.54) is 25.1 Å². The minimum absolute atomic E-state index is 0.125. The molecule has 0 bridgehead atoms. The van der Waals surface area contributed by atoms with Crippen molar-refractivity contribution in [1.82, 2.24) is 9.55 Å². The quantitative estimate of drug-likeness (QED) is 0.371. The lowest BCUT2D eigenvalue weighted by Gasteiger charge is -2.31. The second-order valence-electron chi connectivity index (χ2n) is 6.45. The van der Waals surface area contributed by atoms with E-state index in [2.05, 4.69) is 0 Å². The molecule has 1 fully saturated rings. The van der Waals surface area contributed by atoms with Gasteiger partial charge in [0, 0.05) is 16.7 Å². The summed E-state index contributed by atoms with van der Waals surface area (Å²) in [6.45, 7) is 0.308. The predicted octanol–water partition coefficient (Wildman–Crippen LogP) is -1.67. The maximum absolute atomic E-state index is 13.6. The molecule has 0 radical (unpaired) electrons. The summed E-state index contributed by atoms with van der Waals surface area (Å²) >= 11 is 0. The van der Waals surface area contributed by atoms with Gasteiger partial charge >= 0.3 is 16.8 Å². The fourth-order valence-electron chi connectivity index (χ4n) is 3.30. The van der Waals surface area contributed by atoms with E-state index in [9.17, 15) is 38.3 Å². The number of hydrogen-bond acceptors (Lipinski definition) is 9. The van der Waals surface area contributed by atoms with Crippen molar-refractivity contribution in [3.8, 4) is 0 Å². The number of aromatic amines is 1. The predicted molar refractivity (Wildman–Crippen MR) is 96.4 cm³/mol. The maximum atomic E-state index is 13.6. The summed E-state index contributed by atoms with van der Waals surface area (Å²) in [5.74, 6) is 0. The van der Waals surface area contributed by atoms with Crippen molar-refractivity contribution in [1.29, 1.82) is 0 Å². The lowest BCUT2D eigenvalue weighted by atomic mass is 10.1. The van der Waals surface area contributed by atoms with Crippen LogP contribution in [-0.4, -0.2) is 58.0 Å². The number of aliphatic hydroxyl groups is 2. The molecule has 1 unspecified atom stereocenters. The zero-order valence-electron chi connectivity index (χ0n) is 15.0. The number of sulfone groups is 1. The Morgan fingerprint density at radius 2 is 1.93 bits per heavy atom. The summed E-state index contributed by atoms with van der Waals surface area (Å²) in [5.41, 5.74) is -2.24. The van der Waals surface area contributed by atoms with Crippen LogP contribution in [0.3, 0.4) is 0 Å². The van der Waals surface area contributed by atoms with Crippen LogP contribution in [0.1, 0.15) is 5.56 Å². The van der Waals surface area contributed by atoms with E-state index >= 15 is 0 Å². The summed E-state index contributed by atoms with van der Waals surface area (Å²) in [7, 11) is -4.87. The van der Waals surface area contributed by atoms with Gasteiger partial charge in [-0.2, -0.15) is 0 Å². The zero-order valence-corrected chi connectivity index (χ0v) is 15.8. The molecular formula is C16H17N3O9S. The molecule has 0 spiro atoms. The molecule has 29 heavy (non-hydrogen) atoms. The Balaban J connectivity index is 2.47. The second kappa shape index (κ2) is 7.18. The van der Waals surface area contributed by atoms with Crippen LogP contribution in [0.2, 0.25) is 0 Å². The molecule has 0 saturated carbocycles. The number of benzene rings is 1. The second-order valence-corrected chi connectivity index (χ2v) is 8.51. The molecule has 2 heterocycles. The SMILES string of the molecule is Cc1cn([C@]2(S(=O)(=O)c3ccccc3)O[C@H](CO)[C@@H](O)C2[N+](=O)[O-])c(=O)[nH]c1=O. The summed E-state index contributed by atoms with van der Waals surface area (Å²) in [6, 6.07) is 4.12. The number of hydrogen-bond donors (Lipinski definition) is 3. The lowest BCUT2D eigenvalue weighted by molar-refractivity contribution is -0.545. The molecule has 1 saturated heterocycles. The number of aliphatic hydroxyl groups excluding tert-OH is 2.